The van der Waals surface area contributed by atoms with Gasteiger partial charge in [-0.15, -0.1) is 0 Å². The number of carbonyl (C=O) groups excluding carboxylic acids is 5. The Bertz CT molecular complexity index is 2140. The van der Waals surface area contributed by atoms with Gasteiger partial charge in [0.1, 0.15) is 29.0 Å². The second-order valence-corrected chi connectivity index (χ2v) is 15.9. The Kier molecular flexibility index (Phi) is 14.1. The van der Waals surface area contributed by atoms with Gasteiger partial charge in [0.2, 0.25) is 11.8 Å². The number of hydrogen-bond donors (Lipinski definition) is 3. The van der Waals surface area contributed by atoms with Crippen molar-refractivity contribution in [2.75, 3.05) is 25.0 Å². The van der Waals surface area contributed by atoms with Gasteiger partial charge in [-0.2, -0.15) is 13.2 Å². The number of nitrogens with zero attached hydrogens (tertiary/aromatic N) is 3. The number of anilines is 1. The van der Waals surface area contributed by atoms with E-state index < -0.39 is 70.5 Å². The molecule has 2 atom stereocenters. The van der Waals surface area contributed by atoms with E-state index in [-0.39, 0.29) is 56.3 Å². The van der Waals surface area contributed by atoms with Crippen LogP contribution < -0.4 is 16.0 Å². The Morgan fingerprint density at radius 2 is 1.50 bits per heavy atom. The summed E-state index contributed by atoms with van der Waals surface area (Å²) in [6.07, 6.45) is -2.93. The van der Waals surface area contributed by atoms with Crippen molar-refractivity contribution >= 4 is 35.4 Å². The Morgan fingerprint density at radius 3 is 2.13 bits per heavy atom. The first-order valence-corrected chi connectivity index (χ1v) is 19.2. The van der Waals surface area contributed by atoms with E-state index in [1.165, 1.54) is 67.4 Å². The molecule has 17 heteroatoms. The summed E-state index contributed by atoms with van der Waals surface area (Å²) in [6.45, 7) is 7.65. The van der Waals surface area contributed by atoms with Crippen LogP contribution in [0, 0.1) is 11.7 Å². The maximum absolute atomic E-state index is 14.4. The number of Topliss-reactive ketones (excluding diaryl/α,β-unsaturated/α-hetero) is 1. The number of carbonyl (C=O) groups is 5. The highest BCUT2D eigenvalue weighted by Gasteiger charge is 2.40. The van der Waals surface area contributed by atoms with Gasteiger partial charge in [0.25, 0.3) is 5.91 Å². The summed E-state index contributed by atoms with van der Waals surface area (Å²) >= 11 is 0. The second kappa shape index (κ2) is 18.9. The van der Waals surface area contributed by atoms with E-state index in [1.54, 1.807) is 45.0 Å². The third-order valence-corrected chi connectivity index (χ3v) is 9.65. The number of aromatic nitrogens is 2. The minimum Gasteiger partial charge on any atom is -0.444 e. The Hall–Kier alpha value is -6.10. The van der Waals surface area contributed by atoms with Gasteiger partial charge in [-0.3, -0.25) is 19.2 Å². The minimum atomic E-state index is -4.83. The first-order valence-electron chi connectivity index (χ1n) is 19.2. The Morgan fingerprint density at radius 1 is 0.867 bits per heavy atom. The number of ketones is 1. The number of imidazole rings is 1. The lowest BCUT2D eigenvalue weighted by atomic mass is 9.88. The van der Waals surface area contributed by atoms with Crippen LogP contribution in [0.2, 0.25) is 0 Å². The van der Waals surface area contributed by atoms with Crippen LogP contribution in [-0.2, 0) is 36.6 Å². The average Bonchev–Trinajstić information content (AvgIpc) is 3.64. The van der Waals surface area contributed by atoms with Crippen LogP contribution in [0.25, 0.3) is 0 Å². The van der Waals surface area contributed by atoms with Crippen molar-refractivity contribution in [3.63, 3.8) is 0 Å². The SMILES string of the molecule is CC(C)(C)OC(=O)NC(C)(C)C(=O)NC(COCc1ccccc1)C(=O)Nc1cn(C(C(=O)N2CCC(C(=O)c3ccc(F)cc3)CC2)c2ccccc2C(F)(F)F)cn1. The molecule has 3 N–H and O–H groups in total. The maximum atomic E-state index is 14.4. The first-order chi connectivity index (χ1) is 28.2. The van der Waals surface area contributed by atoms with E-state index in [1.807, 2.05) is 6.07 Å². The predicted molar refractivity (Wildman–Crippen MR) is 212 cm³/mol. The van der Waals surface area contributed by atoms with Gasteiger partial charge in [-0.05, 0) is 88.9 Å². The van der Waals surface area contributed by atoms with E-state index in [2.05, 4.69) is 20.9 Å². The molecule has 0 saturated carbocycles. The van der Waals surface area contributed by atoms with E-state index >= 15 is 0 Å². The molecule has 4 aromatic rings. The summed E-state index contributed by atoms with van der Waals surface area (Å²) in [6, 6.07) is 15.8. The summed E-state index contributed by atoms with van der Waals surface area (Å²) in [5, 5.41) is 7.63. The molecular weight excluding hydrogens is 788 g/mol. The van der Waals surface area contributed by atoms with Crippen LogP contribution in [0.4, 0.5) is 28.2 Å². The quantitative estimate of drug-likeness (QED) is 0.0936. The summed E-state index contributed by atoms with van der Waals surface area (Å²) in [5.74, 6) is -3.64. The molecule has 1 aliphatic heterocycles. The number of hydrogen-bond acceptors (Lipinski definition) is 8. The number of piperidine rings is 1. The van der Waals surface area contributed by atoms with Crippen molar-refractivity contribution < 1.29 is 51.0 Å². The van der Waals surface area contributed by atoms with E-state index in [0.29, 0.717) is 5.56 Å². The van der Waals surface area contributed by atoms with E-state index in [4.69, 9.17) is 9.47 Å². The molecule has 2 unspecified atom stereocenters. The van der Waals surface area contributed by atoms with Gasteiger partial charge in [-0.1, -0.05) is 48.5 Å². The average molecular weight is 837 g/mol. The van der Waals surface area contributed by atoms with Crippen molar-refractivity contribution in [1.29, 1.82) is 0 Å². The lowest BCUT2D eigenvalue weighted by molar-refractivity contribution is -0.140. The van der Waals surface area contributed by atoms with Crippen molar-refractivity contribution in [2.24, 2.45) is 5.92 Å². The number of alkyl halides is 3. The number of rotatable bonds is 14. The molecule has 60 heavy (non-hydrogen) atoms. The van der Waals surface area contributed by atoms with Gasteiger partial charge in [0.05, 0.1) is 25.1 Å². The molecule has 1 saturated heterocycles. The van der Waals surface area contributed by atoms with Gasteiger partial charge in [-0.25, -0.2) is 14.2 Å². The molecular formula is C43H48F4N6O7. The topological polar surface area (TPSA) is 161 Å². The maximum Gasteiger partial charge on any atom is 0.416 e. The molecule has 1 fully saturated rings. The number of alkyl carbamates (subject to hydrolysis) is 1. The van der Waals surface area contributed by atoms with E-state index in [0.717, 1.165) is 22.5 Å². The first kappa shape index (κ1) is 45.0. The monoisotopic (exact) mass is 836 g/mol. The highest BCUT2D eigenvalue weighted by Crippen LogP contribution is 2.37. The van der Waals surface area contributed by atoms with Gasteiger partial charge in [0.15, 0.2) is 11.6 Å². The summed E-state index contributed by atoms with van der Waals surface area (Å²) in [7, 11) is 0. The molecule has 0 bridgehead atoms. The molecule has 1 aromatic heterocycles. The van der Waals surface area contributed by atoms with Gasteiger partial charge >= 0.3 is 12.3 Å². The van der Waals surface area contributed by atoms with Crippen molar-refractivity contribution in [1.82, 2.24) is 25.1 Å². The Balaban J connectivity index is 1.37. The van der Waals surface area contributed by atoms with Crippen LogP contribution in [0.5, 0.6) is 0 Å². The molecule has 0 aliphatic carbocycles. The summed E-state index contributed by atoms with van der Waals surface area (Å²) in [5.41, 5.74) is -2.73. The normalized spacial score (nSPS) is 14.8. The second-order valence-electron chi connectivity index (χ2n) is 15.9. The molecule has 1 aliphatic rings. The lowest BCUT2D eigenvalue weighted by Crippen LogP contribution is -2.59. The zero-order valence-electron chi connectivity index (χ0n) is 33.8. The molecule has 0 radical (unpaired) electrons. The van der Waals surface area contributed by atoms with Crippen molar-refractivity contribution in [3.05, 3.63) is 119 Å². The number of benzene rings is 3. The number of amides is 4. The molecule has 3 aromatic carbocycles. The fourth-order valence-electron chi connectivity index (χ4n) is 6.56. The highest BCUT2D eigenvalue weighted by atomic mass is 19.4. The van der Waals surface area contributed by atoms with Crippen LogP contribution in [0.15, 0.2) is 91.4 Å². The molecule has 320 valence electrons. The van der Waals surface area contributed by atoms with E-state index in [9.17, 15) is 41.5 Å². The minimum absolute atomic E-state index is 0.0584. The zero-order valence-corrected chi connectivity index (χ0v) is 33.8. The predicted octanol–water partition coefficient (Wildman–Crippen LogP) is 6.70. The van der Waals surface area contributed by atoms with Crippen molar-refractivity contribution in [3.8, 4) is 0 Å². The molecule has 4 amide bonds. The van der Waals surface area contributed by atoms with Crippen LogP contribution in [0.3, 0.4) is 0 Å². The largest absolute Gasteiger partial charge is 0.444 e. The van der Waals surface area contributed by atoms with Crippen molar-refractivity contribution in [2.45, 2.75) is 83.5 Å². The van der Waals surface area contributed by atoms with Crippen LogP contribution in [-0.4, -0.2) is 80.9 Å². The van der Waals surface area contributed by atoms with Gasteiger partial charge < -0.3 is 34.9 Å². The van der Waals surface area contributed by atoms with Gasteiger partial charge in [0, 0.05) is 30.8 Å². The fraction of sp³-hybridized carbons (Fsp3) is 0.395. The summed E-state index contributed by atoms with van der Waals surface area (Å²) in [4.78, 5) is 72.8. The number of ether oxygens (including phenoxy) is 2. The zero-order chi connectivity index (χ0) is 43.8. The fourth-order valence-corrected chi connectivity index (χ4v) is 6.56. The number of likely N-dealkylation sites (tertiary alicyclic amines) is 1. The third kappa shape index (κ3) is 12.0. The van der Waals surface area contributed by atoms with Crippen LogP contribution >= 0.6 is 0 Å². The third-order valence-electron chi connectivity index (χ3n) is 9.65. The number of halogens is 4. The lowest BCUT2D eigenvalue weighted by Gasteiger charge is -2.34. The molecule has 13 nitrogen and oxygen atoms in total. The highest BCUT2D eigenvalue weighted by molar-refractivity contribution is 5.99. The van der Waals surface area contributed by atoms with Crippen LogP contribution in [0.1, 0.15) is 80.6 Å². The molecule has 0 spiro atoms. The standard InChI is InChI=1S/C43H48F4N6O7/c1-41(2,3)60-40(58)51-42(4,5)39(57)49-33(25-59-24-27-11-7-6-8-12-27)37(55)50-34-23-53(26-48-34)35(31-13-9-10-14-32(31)43(45,46)47)38(56)52-21-19-29(20-22-52)36(54)28-15-17-30(44)18-16-28/h6-18,23,26,29,33,35H,19-22,24-25H2,1-5H3,(H,49,57)(H,50,55)(H,51,58). The number of nitrogens with one attached hydrogen (secondary N) is 3. The Labute approximate surface area is 344 Å². The molecule has 5 rings (SSSR count). The smallest absolute Gasteiger partial charge is 0.416 e. The molecule has 2 heterocycles. The summed E-state index contributed by atoms with van der Waals surface area (Å²) < 4.78 is 68.9.